The van der Waals surface area contributed by atoms with Gasteiger partial charge in [-0.05, 0) is 54.4 Å². The summed E-state index contributed by atoms with van der Waals surface area (Å²) in [5, 5.41) is 32.3. The summed E-state index contributed by atoms with van der Waals surface area (Å²) in [4.78, 5) is 33.3. The minimum atomic E-state index is -4.03. The highest BCUT2D eigenvalue weighted by molar-refractivity contribution is 7.89. The van der Waals surface area contributed by atoms with Gasteiger partial charge in [-0.25, -0.2) is 18.2 Å². The third-order valence-corrected chi connectivity index (χ3v) is 12.0. The number of sulfonamides is 1. The Balaban J connectivity index is 1.53. The molecular formula is C36H50N6O6S2. The second kappa shape index (κ2) is 17.9. The zero-order valence-electron chi connectivity index (χ0n) is 29.4. The van der Waals surface area contributed by atoms with E-state index in [1.807, 2.05) is 49.6 Å². The van der Waals surface area contributed by atoms with E-state index >= 15 is 0 Å². The zero-order valence-corrected chi connectivity index (χ0v) is 31.0. The summed E-state index contributed by atoms with van der Waals surface area (Å²) >= 11 is 1.55. The maximum Gasteiger partial charge on any atom is 0.318 e. The van der Waals surface area contributed by atoms with Crippen molar-refractivity contribution in [1.82, 2.24) is 24.8 Å². The van der Waals surface area contributed by atoms with Crippen LogP contribution in [-0.2, 0) is 27.8 Å². The van der Waals surface area contributed by atoms with Gasteiger partial charge in [0.15, 0.2) is 0 Å². The first-order valence-electron chi connectivity index (χ1n) is 17.0. The van der Waals surface area contributed by atoms with Crippen LogP contribution >= 0.6 is 11.3 Å². The smallest absolute Gasteiger partial charge is 0.318 e. The lowest BCUT2D eigenvalue weighted by molar-refractivity contribution is -0.125. The summed E-state index contributed by atoms with van der Waals surface area (Å²) in [6, 6.07) is 13.1. The van der Waals surface area contributed by atoms with Crippen LogP contribution in [0, 0.1) is 11.8 Å². The summed E-state index contributed by atoms with van der Waals surface area (Å²) in [6.45, 7) is 8.05. The zero-order chi connectivity index (χ0) is 36.4. The molecule has 0 aliphatic heterocycles. The Kier molecular flexibility index (Phi) is 13.9. The predicted molar refractivity (Wildman–Crippen MR) is 195 cm³/mol. The number of benzene rings is 2. The lowest BCUT2D eigenvalue weighted by atomic mass is 9.85. The van der Waals surface area contributed by atoms with Gasteiger partial charge in [-0.15, -0.1) is 11.3 Å². The van der Waals surface area contributed by atoms with Crippen molar-refractivity contribution < 1.29 is 28.3 Å². The average molecular weight is 727 g/mol. The van der Waals surface area contributed by atoms with E-state index in [4.69, 9.17) is 5.21 Å². The molecule has 0 bridgehead atoms. The number of thiazole rings is 1. The number of hydrogen-bond donors (Lipinski definition) is 4. The molecule has 1 saturated carbocycles. The van der Waals surface area contributed by atoms with Crippen LogP contribution in [-0.4, -0.2) is 89.4 Å². The molecule has 2 aromatic carbocycles. The highest BCUT2D eigenvalue weighted by Crippen LogP contribution is 2.30. The first-order chi connectivity index (χ1) is 23.8. The van der Waals surface area contributed by atoms with Crippen molar-refractivity contribution in [1.29, 1.82) is 0 Å². The van der Waals surface area contributed by atoms with E-state index in [1.54, 1.807) is 30.5 Å². The van der Waals surface area contributed by atoms with Crippen LogP contribution in [0.3, 0.4) is 0 Å². The van der Waals surface area contributed by atoms with Crippen LogP contribution in [0.1, 0.15) is 74.7 Å². The molecule has 4 rings (SSSR count). The van der Waals surface area contributed by atoms with Crippen LogP contribution in [0.25, 0.3) is 0 Å². The second-order valence-electron chi connectivity index (χ2n) is 13.7. The van der Waals surface area contributed by atoms with Gasteiger partial charge in [0.1, 0.15) is 6.04 Å². The van der Waals surface area contributed by atoms with E-state index in [0.717, 1.165) is 35.5 Å². The quantitative estimate of drug-likeness (QED) is 0.0880. The van der Waals surface area contributed by atoms with E-state index in [-0.39, 0.29) is 48.7 Å². The van der Waals surface area contributed by atoms with Gasteiger partial charge in [0.05, 0.1) is 40.5 Å². The lowest BCUT2D eigenvalue weighted by Crippen LogP contribution is -2.58. The molecule has 14 heteroatoms. The van der Waals surface area contributed by atoms with Gasteiger partial charge in [-0.1, -0.05) is 81.7 Å². The summed E-state index contributed by atoms with van der Waals surface area (Å²) < 4.78 is 29.2. The second-order valence-corrected chi connectivity index (χ2v) is 16.5. The number of aromatic nitrogens is 1. The number of carbonyl (C=O) groups is 2. The SMILES string of the molecule is CC(C)c1nc(CN(C)C(=O)N[C@H](C(=O)N[C@@H](Cc2ccccc2)[C@H](O)CN(CC2CCC2)S(=O)(=O)c2ccc(/C=N/O)cc2)C(C)C)cs1. The van der Waals surface area contributed by atoms with E-state index in [1.165, 1.54) is 27.6 Å². The Morgan fingerprint density at radius 2 is 1.74 bits per heavy atom. The molecular weight excluding hydrogens is 677 g/mol. The number of aliphatic hydroxyl groups is 1. The molecule has 12 nitrogen and oxygen atoms in total. The first kappa shape index (κ1) is 38.9. The van der Waals surface area contributed by atoms with Crippen molar-refractivity contribution in [2.45, 2.75) is 88.9 Å². The van der Waals surface area contributed by atoms with Crippen LogP contribution in [0.4, 0.5) is 4.79 Å². The highest BCUT2D eigenvalue weighted by Gasteiger charge is 2.35. The largest absolute Gasteiger partial charge is 0.411 e. The number of oxime groups is 1. The Morgan fingerprint density at radius 1 is 1.06 bits per heavy atom. The minimum absolute atomic E-state index is 0.0487. The third-order valence-electron chi connectivity index (χ3n) is 8.93. The van der Waals surface area contributed by atoms with Gasteiger partial charge in [0, 0.05) is 31.4 Å². The van der Waals surface area contributed by atoms with E-state index in [0.29, 0.717) is 5.56 Å². The molecule has 272 valence electrons. The van der Waals surface area contributed by atoms with Gasteiger partial charge in [-0.3, -0.25) is 4.79 Å². The van der Waals surface area contributed by atoms with Crippen molar-refractivity contribution in [2.75, 3.05) is 20.1 Å². The molecule has 1 fully saturated rings. The number of aliphatic hydroxyl groups excluding tert-OH is 1. The Bertz CT molecular complexity index is 1680. The fourth-order valence-electron chi connectivity index (χ4n) is 5.69. The van der Waals surface area contributed by atoms with Crippen molar-refractivity contribution in [2.24, 2.45) is 17.0 Å². The monoisotopic (exact) mass is 726 g/mol. The maximum absolute atomic E-state index is 14.0. The average Bonchev–Trinajstić information content (AvgIpc) is 3.53. The molecule has 3 amide bonds. The third kappa shape index (κ3) is 10.6. The van der Waals surface area contributed by atoms with Crippen LogP contribution in [0.5, 0.6) is 0 Å². The van der Waals surface area contributed by atoms with Crippen molar-refractivity contribution in [3.63, 3.8) is 0 Å². The van der Waals surface area contributed by atoms with Gasteiger partial charge >= 0.3 is 6.03 Å². The van der Waals surface area contributed by atoms with Gasteiger partial charge in [-0.2, -0.15) is 4.31 Å². The number of nitrogens with one attached hydrogen (secondary N) is 2. The van der Waals surface area contributed by atoms with E-state index in [9.17, 15) is 23.1 Å². The number of rotatable bonds is 17. The van der Waals surface area contributed by atoms with Gasteiger partial charge < -0.3 is 25.8 Å². The molecule has 0 unspecified atom stereocenters. The molecule has 1 heterocycles. The number of urea groups is 1. The molecule has 4 N–H and O–H groups in total. The van der Waals surface area contributed by atoms with Gasteiger partial charge in [0.2, 0.25) is 15.9 Å². The van der Waals surface area contributed by atoms with Crippen molar-refractivity contribution in [3.8, 4) is 0 Å². The number of nitrogens with zero attached hydrogens (tertiary/aromatic N) is 4. The van der Waals surface area contributed by atoms with Crippen LogP contribution in [0.2, 0.25) is 0 Å². The number of hydrogen-bond acceptors (Lipinski definition) is 9. The van der Waals surface area contributed by atoms with Crippen LogP contribution < -0.4 is 10.6 Å². The van der Waals surface area contributed by atoms with Crippen LogP contribution in [0.15, 0.2) is 70.0 Å². The number of carbonyl (C=O) groups excluding carboxylic acids is 2. The molecule has 0 radical (unpaired) electrons. The summed E-state index contributed by atoms with van der Waals surface area (Å²) in [6.07, 6.45) is 2.97. The lowest BCUT2D eigenvalue weighted by Gasteiger charge is -2.35. The molecule has 50 heavy (non-hydrogen) atoms. The normalized spacial score (nSPS) is 15.6. The summed E-state index contributed by atoms with van der Waals surface area (Å²) in [5.41, 5.74) is 2.15. The molecule has 3 aromatic rings. The molecule has 1 aliphatic carbocycles. The number of amides is 3. The van der Waals surface area contributed by atoms with Crippen molar-refractivity contribution in [3.05, 3.63) is 81.8 Å². The molecule has 0 saturated heterocycles. The van der Waals surface area contributed by atoms with E-state index < -0.39 is 40.1 Å². The fraction of sp³-hybridized carbons (Fsp3) is 0.500. The topological polar surface area (TPSA) is 165 Å². The Labute approximate surface area is 299 Å². The van der Waals surface area contributed by atoms with Crippen molar-refractivity contribution >= 4 is 39.5 Å². The summed E-state index contributed by atoms with van der Waals surface area (Å²) in [5.74, 6) is -0.320. The fourth-order valence-corrected chi connectivity index (χ4v) is 8.05. The standard InChI is InChI=1S/C36H50N6O6S2/c1-24(2)33(40-36(45)41(5)21-29-23-49-35(38-29)25(3)4)34(44)39-31(18-26-10-7-6-8-11-26)32(43)22-42(20-28-12-9-13-28)50(47,48)30-16-14-27(15-17-30)19-37-46/h6-8,10-11,14-17,19,23-25,28,31-33,43,46H,9,12-13,18,20-22H2,1-5H3,(H,39,44)(H,40,45)/b37-19+/t31-,32+,33-/m0/s1. The molecule has 1 aliphatic rings. The Hall–Kier alpha value is -3.85. The molecule has 3 atom stereocenters. The minimum Gasteiger partial charge on any atom is -0.411 e. The maximum atomic E-state index is 14.0. The summed E-state index contributed by atoms with van der Waals surface area (Å²) in [7, 11) is -2.39. The highest BCUT2D eigenvalue weighted by atomic mass is 32.2. The van der Waals surface area contributed by atoms with Gasteiger partial charge in [0.25, 0.3) is 0 Å². The predicted octanol–water partition coefficient (Wildman–Crippen LogP) is 4.82. The Morgan fingerprint density at radius 3 is 2.30 bits per heavy atom. The molecule has 1 aromatic heterocycles. The first-order valence-corrected chi connectivity index (χ1v) is 19.4. The molecule has 0 spiro atoms. The van der Waals surface area contributed by atoms with E-state index in [2.05, 4.69) is 34.6 Å².